The smallest absolute Gasteiger partial charge is 0.399 e. The Labute approximate surface area is 133 Å². The Morgan fingerprint density at radius 2 is 1.65 bits per heavy atom. The van der Waals surface area contributed by atoms with E-state index in [0.717, 1.165) is 12.1 Å². The molecule has 0 atom stereocenters. The average Bonchev–Trinajstić information content (AvgIpc) is 2.56. The molecule has 1 aliphatic rings. The maximum Gasteiger partial charge on any atom is 0.496 e. The van der Waals surface area contributed by atoms with Gasteiger partial charge < -0.3 is 14.6 Å². The van der Waals surface area contributed by atoms with E-state index in [1.807, 2.05) is 0 Å². The van der Waals surface area contributed by atoms with Crippen molar-refractivity contribution in [1.29, 1.82) is 0 Å². The molecule has 126 valence electrons. The molecule has 1 heterocycles. The van der Waals surface area contributed by atoms with Gasteiger partial charge in [-0.2, -0.15) is 13.2 Å². The van der Waals surface area contributed by atoms with Crippen LogP contribution in [0, 0.1) is 0 Å². The molecule has 0 unspecified atom stereocenters. The summed E-state index contributed by atoms with van der Waals surface area (Å²) in [6, 6.07) is 3.08. The highest BCUT2D eigenvalue weighted by Gasteiger charge is 2.52. The first-order valence-corrected chi connectivity index (χ1v) is 7.18. The van der Waals surface area contributed by atoms with Crippen LogP contribution in [-0.4, -0.2) is 24.2 Å². The summed E-state index contributed by atoms with van der Waals surface area (Å²) in [4.78, 5) is 11.3. The Morgan fingerprint density at radius 1 is 1.13 bits per heavy atom. The second-order valence-electron chi connectivity index (χ2n) is 6.57. The van der Waals surface area contributed by atoms with Gasteiger partial charge in [-0.3, -0.25) is 4.79 Å². The van der Waals surface area contributed by atoms with E-state index in [1.54, 1.807) is 27.7 Å². The Bertz CT molecular complexity index is 613. The summed E-state index contributed by atoms with van der Waals surface area (Å²) < 4.78 is 50.6. The Kier molecular flexibility index (Phi) is 4.28. The third-order valence-corrected chi connectivity index (χ3v) is 4.20. The fraction of sp³-hybridized carbons (Fsp3) is 0.533. The largest absolute Gasteiger partial charge is 0.496 e. The van der Waals surface area contributed by atoms with E-state index in [4.69, 9.17) is 9.31 Å². The fourth-order valence-electron chi connectivity index (χ4n) is 2.21. The number of hydrogen-bond acceptors (Lipinski definition) is 3. The lowest BCUT2D eigenvalue weighted by atomic mass is 9.77. The lowest BCUT2D eigenvalue weighted by Gasteiger charge is -2.32. The molecule has 1 aliphatic heterocycles. The summed E-state index contributed by atoms with van der Waals surface area (Å²) in [6.07, 6.45) is -4.49. The number of amides is 1. The molecule has 1 saturated heterocycles. The van der Waals surface area contributed by atoms with Gasteiger partial charge in [0.15, 0.2) is 0 Å². The van der Waals surface area contributed by atoms with Crippen molar-refractivity contribution < 1.29 is 27.3 Å². The Balaban J connectivity index is 2.48. The SMILES string of the molecule is CC(=O)Nc1ccc(C(F)(F)F)cc1B1OC(C)(C)C(C)(C)O1. The lowest BCUT2D eigenvalue weighted by Crippen LogP contribution is -2.41. The van der Waals surface area contributed by atoms with Crippen molar-refractivity contribution in [1.82, 2.24) is 0 Å². The number of hydrogen-bond donors (Lipinski definition) is 1. The van der Waals surface area contributed by atoms with Crippen molar-refractivity contribution in [3.05, 3.63) is 23.8 Å². The highest BCUT2D eigenvalue weighted by Crippen LogP contribution is 2.37. The normalized spacial score (nSPS) is 19.7. The van der Waals surface area contributed by atoms with Gasteiger partial charge >= 0.3 is 13.3 Å². The Hall–Kier alpha value is -1.54. The molecule has 0 spiro atoms. The molecule has 4 nitrogen and oxygen atoms in total. The molecule has 2 rings (SSSR count). The predicted molar refractivity (Wildman–Crippen MR) is 81.5 cm³/mol. The number of nitrogens with one attached hydrogen (secondary N) is 1. The molecule has 0 bridgehead atoms. The van der Waals surface area contributed by atoms with E-state index in [0.29, 0.717) is 0 Å². The zero-order chi connectivity index (χ0) is 17.6. The van der Waals surface area contributed by atoms with Gasteiger partial charge in [-0.25, -0.2) is 0 Å². The molecule has 0 saturated carbocycles. The van der Waals surface area contributed by atoms with Crippen molar-refractivity contribution >= 4 is 24.2 Å². The fourth-order valence-corrected chi connectivity index (χ4v) is 2.21. The van der Waals surface area contributed by atoms with Gasteiger partial charge in [0.2, 0.25) is 5.91 Å². The first-order chi connectivity index (χ1) is 10.3. The summed E-state index contributed by atoms with van der Waals surface area (Å²) in [7, 11) is -0.996. The van der Waals surface area contributed by atoms with Crippen molar-refractivity contribution in [2.24, 2.45) is 0 Å². The molecule has 1 aromatic rings. The number of rotatable bonds is 2. The maximum atomic E-state index is 13.0. The number of carbonyl (C=O) groups excluding carboxylic acids is 1. The summed E-state index contributed by atoms with van der Waals surface area (Å²) in [5.41, 5.74) is -1.83. The highest BCUT2D eigenvalue weighted by molar-refractivity contribution is 6.64. The van der Waals surface area contributed by atoms with Crippen LogP contribution in [0.1, 0.15) is 40.2 Å². The molecule has 0 aliphatic carbocycles. The van der Waals surface area contributed by atoms with Gasteiger partial charge in [-0.15, -0.1) is 0 Å². The van der Waals surface area contributed by atoms with Gasteiger partial charge in [0.05, 0.1) is 16.8 Å². The van der Waals surface area contributed by atoms with Gasteiger partial charge in [0.1, 0.15) is 0 Å². The van der Waals surface area contributed by atoms with Crippen LogP contribution in [0.3, 0.4) is 0 Å². The number of alkyl halides is 3. The minimum atomic E-state index is -4.49. The molecule has 0 radical (unpaired) electrons. The van der Waals surface area contributed by atoms with E-state index < -0.39 is 30.1 Å². The number of carbonyl (C=O) groups is 1. The standard InChI is InChI=1S/C15H19BF3NO3/c1-9(21)20-12-7-6-10(15(17,18)19)8-11(12)16-22-13(2,3)14(4,5)23-16/h6-8H,1-5H3,(H,20,21). The molecule has 1 fully saturated rings. The third kappa shape index (κ3) is 3.53. The maximum absolute atomic E-state index is 13.0. The highest BCUT2D eigenvalue weighted by atomic mass is 19.4. The van der Waals surface area contributed by atoms with Gasteiger partial charge in [0.25, 0.3) is 0 Å². The van der Waals surface area contributed by atoms with Crippen LogP contribution in [0.2, 0.25) is 0 Å². The van der Waals surface area contributed by atoms with Crippen LogP contribution in [0.15, 0.2) is 18.2 Å². The van der Waals surface area contributed by atoms with Crippen molar-refractivity contribution in [2.75, 3.05) is 5.32 Å². The van der Waals surface area contributed by atoms with E-state index in [2.05, 4.69) is 5.32 Å². The predicted octanol–water partition coefficient (Wildman–Crippen LogP) is 2.96. The molecule has 0 aromatic heterocycles. The van der Waals surface area contributed by atoms with Crippen molar-refractivity contribution in [3.8, 4) is 0 Å². The minimum absolute atomic E-state index is 0.147. The second kappa shape index (κ2) is 5.52. The monoisotopic (exact) mass is 329 g/mol. The van der Waals surface area contributed by atoms with Crippen LogP contribution in [0.25, 0.3) is 0 Å². The molecule has 1 amide bonds. The number of benzene rings is 1. The van der Waals surface area contributed by atoms with Crippen LogP contribution in [-0.2, 0) is 20.3 Å². The van der Waals surface area contributed by atoms with E-state index in [9.17, 15) is 18.0 Å². The first kappa shape index (κ1) is 17.8. The van der Waals surface area contributed by atoms with Gasteiger partial charge in [-0.05, 0) is 45.9 Å². The number of anilines is 1. The summed E-state index contributed by atoms with van der Waals surface area (Å²) in [5.74, 6) is -0.387. The van der Waals surface area contributed by atoms with Crippen LogP contribution < -0.4 is 10.8 Å². The molecule has 1 N–H and O–H groups in total. The van der Waals surface area contributed by atoms with Crippen LogP contribution >= 0.6 is 0 Å². The average molecular weight is 329 g/mol. The molecular formula is C15H19BF3NO3. The summed E-state index contributed by atoms with van der Waals surface area (Å²) in [6.45, 7) is 8.50. The lowest BCUT2D eigenvalue weighted by molar-refractivity contribution is -0.137. The number of halogens is 3. The van der Waals surface area contributed by atoms with E-state index in [-0.39, 0.29) is 17.1 Å². The van der Waals surface area contributed by atoms with Crippen LogP contribution in [0.5, 0.6) is 0 Å². The van der Waals surface area contributed by atoms with Gasteiger partial charge in [-0.1, -0.05) is 0 Å². The molecule has 23 heavy (non-hydrogen) atoms. The third-order valence-electron chi connectivity index (χ3n) is 4.20. The van der Waals surface area contributed by atoms with Crippen molar-refractivity contribution in [3.63, 3.8) is 0 Å². The topological polar surface area (TPSA) is 47.6 Å². The van der Waals surface area contributed by atoms with E-state index >= 15 is 0 Å². The molecule has 1 aromatic carbocycles. The van der Waals surface area contributed by atoms with Gasteiger partial charge in [0, 0.05) is 18.1 Å². The second-order valence-corrected chi connectivity index (χ2v) is 6.57. The first-order valence-electron chi connectivity index (χ1n) is 7.18. The zero-order valence-electron chi connectivity index (χ0n) is 13.7. The van der Waals surface area contributed by atoms with Crippen LogP contribution in [0.4, 0.5) is 18.9 Å². The minimum Gasteiger partial charge on any atom is -0.399 e. The summed E-state index contributed by atoms with van der Waals surface area (Å²) in [5, 5.41) is 2.52. The Morgan fingerprint density at radius 3 is 2.09 bits per heavy atom. The zero-order valence-corrected chi connectivity index (χ0v) is 13.7. The quantitative estimate of drug-likeness (QED) is 0.849. The van der Waals surface area contributed by atoms with E-state index in [1.165, 1.54) is 13.0 Å². The molecular weight excluding hydrogens is 310 g/mol. The molecule has 8 heteroatoms. The summed E-state index contributed by atoms with van der Waals surface area (Å²) >= 11 is 0. The van der Waals surface area contributed by atoms with Crippen molar-refractivity contribution in [2.45, 2.75) is 52.0 Å².